The van der Waals surface area contributed by atoms with Crippen LogP contribution in [0.5, 0.6) is 0 Å². The van der Waals surface area contributed by atoms with Crippen molar-refractivity contribution in [1.29, 1.82) is 0 Å². The van der Waals surface area contributed by atoms with Gasteiger partial charge in [0.15, 0.2) is 5.96 Å². The summed E-state index contributed by atoms with van der Waals surface area (Å²) in [6.45, 7) is 5.65. The number of guanidine groups is 1. The predicted molar refractivity (Wildman–Crippen MR) is 89.6 cm³/mol. The third-order valence-corrected chi connectivity index (χ3v) is 4.45. The molecule has 0 spiro atoms. The first kappa shape index (κ1) is 17.8. The van der Waals surface area contributed by atoms with E-state index >= 15 is 0 Å². The summed E-state index contributed by atoms with van der Waals surface area (Å²) in [6, 6.07) is 0.100. The average molecular weight is 326 g/mol. The highest BCUT2D eigenvalue weighted by Crippen LogP contribution is 2.32. The molecule has 1 heterocycles. The highest BCUT2D eigenvalue weighted by atomic mass is 16.5. The van der Waals surface area contributed by atoms with Crippen molar-refractivity contribution in [3.8, 4) is 0 Å². The molecule has 132 valence electrons. The van der Waals surface area contributed by atoms with E-state index in [-0.39, 0.29) is 12.1 Å². The molecule has 2 N–H and O–H groups in total. The smallest absolute Gasteiger partial charge is 0.407 e. The van der Waals surface area contributed by atoms with Crippen molar-refractivity contribution in [1.82, 2.24) is 15.5 Å². The Morgan fingerprint density at radius 1 is 1.39 bits per heavy atom. The number of hydrogen-bond donors (Lipinski definition) is 2. The molecule has 1 amide bonds. The van der Waals surface area contributed by atoms with E-state index in [2.05, 4.69) is 20.5 Å². The molecule has 2 aliphatic rings. The summed E-state index contributed by atoms with van der Waals surface area (Å²) in [7, 11) is 3.55. The molecular weight excluding hydrogens is 296 g/mol. The standard InChI is InChI=1S/C16H30N4O3/c1-4-23-16(21)19-14(13-5-6-13)9-18-15(17-2)20-8-7-12(10-20)11-22-3/h12-14H,4-11H2,1-3H3,(H,17,18)(H,19,21). The second-order valence-corrected chi connectivity index (χ2v) is 6.29. The van der Waals surface area contributed by atoms with Crippen LogP contribution in [0.2, 0.25) is 0 Å². The molecular formula is C16H30N4O3. The largest absolute Gasteiger partial charge is 0.450 e. The molecule has 0 radical (unpaired) electrons. The minimum Gasteiger partial charge on any atom is -0.450 e. The lowest BCUT2D eigenvalue weighted by molar-refractivity contribution is 0.146. The zero-order valence-electron chi connectivity index (χ0n) is 14.5. The number of nitrogens with zero attached hydrogens (tertiary/aromatic N) is 2. The van der Waals surface area contributed by atoms with Crippen LogP contribution >= 0.6 is 0 Å². The van der Waals surface area contributed by atoms with Crippen LogP contribution in [0, 0.1) is 11.8 Å². The van der Waals surface area contributed by atoms with Gasteiger partial charge in [0.1, 0.15) is 0 Å². The van der Waals surface area contributed by atoms with Crippen LogP contribution in [0.25, 0.3) is 0 Å². The van der Waals surface area contributed by atoms with Crippen LogP contribution in [-0.2, 0) is 9.47 Å². The SMILES string of the molecule is CCOC(=O)NC(CNC(=NC)N1CCC(COC)C1)C1CC1. The van der Waals surface area contributed by atoms with E-state index < -0.39 is 0 Å². The number of methoxy groups -OCH3 is 1. The van der Waals surface area contributed by atoms with Crippen molar-refractivity contribution in [3.05, 3.63) is 0 Å². The van der Waals surface area contributed by atoms with Crippen molar-refractivity contribution in [3.63, 3.8) is 0 Å². The van der Waals surface area contributed by atoms with Gasteiger partial charge < -0.3 is 25.0 Å². The van der Waals surface area contributed by atoms with Gasteiger partial charge in [-0.25, -0.2) is 4.79 Å². The van der Waals surface area contributed by atoms with Crippen LogP contribution in [0.3, 0.4) is 0 Å². The quantitative estimate of drug-likeness (QED) is 0.540. The third kappa shape index (κ3) is 5.57. The average Bonchev–Trinajstić information content (AvgIpc) is 3.28. The number of hydrogen-bond acceptors (Lipinski definition) is 4. The molecule has 0 aromatic heterocycles. The summed E-state index contributed by atoms with van der Waals surface area (Å²) in [6.07, 6.45) is 3.12. The monoisotopic (exact) mass is 326 g/mol. The molecule has 1 saturated carbocycles. The Labute approximate surface area is 138 Å². The van der Waals surface area contributed by atoms with Crippen LogP contribution in [-0.4, -0.2) is 70.0 Å². The number of likely N-dealkylation sites (tertiary alicyclic amines) is 1. The van der Waals surface area contributed by atoms with Crippen molar-refractivity contribution in [2.45, 2.75) is 32.2 Å². The van der Waals surface area contributed by atoms with Gasteiger partial charge in [-0.2, -0.15) is 0 Å². The van der Waals surface area contributed by atoms with Gasteiger partial charge in [0.05, 0.1) is 19.3 Å². The Hall–Kier alpha value is -1.50. The Balaban J connectivity index is 1.80. The normalized spacial score (nSPS) is 22.8. The van der Waals surface area contributed by atoms with Crippen LogP contribution in [0.4, 0.5) is 4.79 Å². The van der Waals surface area contributed by atoms with Gasteiger partial charge in [0.2, 0.25) is 0 Å². The number of aliphatic imine (C=N–C) groups is 1. The van der Waals surface area contributed by atoms with E-state index in [0.717, 1.165) is 44.9 Å². The third-order valence-electron chi connectivity index (χ3n) is 4.45. The van der Waals surface area contributed by atoms with Gasteiger partial charge in [-0.05, 0) is 32.1 Å². The molecule has 7 nitrogen and oxygen atoms in total. The maximum absolute atomic E-state index is 11.7. The summed E-state index contributed by atoms with van der Waals surface area (Å²) in [5, 5.41) is 6.37. The van der Waals surface area contributed by atoms with Gasteiger partial charge in [0, 0.05) is 39.7 Å². The van der Waals surface area contributed by atoms with Gasteiger partial charge in [-0.1, -0.05) is 0 Å². The van der Waals surface area contributed by atoms with Gasteiger partial charge >= 0.3 is 6.09 Å². The topological polar surface area (TPSA) is 75.2 Å². The van der Waals surface area contributed by atoms with Crippen LogP contribution in [0.1, 0.15) is 26.2 Å². The molecule has 23 heavy (non-hydrogen) atoms. The number of amides is 1. The summed E-state index contributed by atoms with van der Waals surface area (Å²) < 4.78 is 10.2. The second kappa shape index (κ2) is 8.96. The molecule has 2 rings (SSSR count). The molecule has 1 aliphatic carbocycles. The Morgan fingerprint density at radius 2 is 2.17 bits per heavy atom. The van der Waals surface area contributed by atoms with Crippen molar-refractivity contribution < 1.29 is 14.3 Å². The molecule has 0 aromatic rings. The Kier molecular flexibility index (Phi) is 6.95. The minimum absolute atomic E-state index is 0.100. The second-order valence-electron chi connectivity index (χ2n) is 6.29. The maximum Gasteiger partial charge on any atom is 0.407 e. The summed E-state index contributed by atoms with van der Waals surface area (Å²) in [5.74, 6) is 2.01. The molecule has 2 fully saturated rings. The van der Waals surface area contributed by atoms with E-state index in [1.165, 1.54) is 0 Å². The molecule has 2 atom stereocenters. The van der Waals surface area contributed by atoms with E-state index in [4.69, 9.17) is 9.47 Å². The lowest BCUT2D eigenvalue weighted by atomic mass is 10.1. The first-order valence-corrected chi connectivity index (χ1v) is 8.55. The molecule has 0 bridgehead atoms. The summed E-state index contributed by atoms with van der Waals surface area (Å²) in [4.78, 5) is 18.3. The molecule has 1 saturated heterocycles. The molecule has 0 aromatic carbocycles. The summed E-state index contributed by atoms with van der Waals surface area (Å²) in [5.41, 5.74) is 0. The number of ether oxygens (including phenoxy) is 2. The lowest BCUT2D eigenvalue weighted by Crippen LogP contribution is -2.49. The number of carbonyl (C=O) groups excluding carboxylic acids is 1. The zero-order valence-corrected chi connectivity index (χ0v) is 14.5. The maximum atomic E-state index is 11.7. The summed E-state index contributed by atoms with van der Waals surface area (Å²) >= 11 is 0. The van der Waals surface area contributed by atoms with Crippen molar-refractivity contribution >= 4 is 12.1 Å². The van der Waals surface area contributed by atoms with Crippen molar-refractivity contribution in [2.24, 2.45) is 16.8 Å². The highest BCUT2D eigenvalue weighted by Gasteiger charge is 2.33. The fraction of sp³-hybridized carbons (Fsp3) is 0.875. The minimum atomic E-state index is -0.331. The fourth-order valence-electron chi connectivity index (χ4n) is 3.09. The van der Waals surface area contributed by atoms with E-state index in [0.29, 0.717) is 25.0 Å². The van der Waals surface area contributed by atoms with E-state index in [1.54, 1.807) is 14.2 Å². The van der Waals surface area contributed by atoms with Gasteiger partial charge in [-0.3, -0.25) is 4.99 Å². The first-order valence-electron chi connectivity index (χ1n) is 8.55. The van der Waals surface area contributed by atoms with Crippen LogP contribution in [0.15, 0.2) is 4.99 Å². The van der Waals surface area contributed by atoms with Gasteiger partial charge in [-0.15, -0.1) is 0 Å². The van der Waals surface area contributed by atoms with Crippen LogP contribution < -0.4 is 10.6 Å². The fourth-order valence-corrected chi connectivity index (χ4v) is 3.09. The zero-order chi connectivity index (χ0) is 16.7. The lowest BCUT2D eigenvalue weighted by Gasteiger charge is -2.25. The van der Waals surface area contributed by atoms with Gasteiger partial charge in [0.25, 0.3) is 0 Å². The first-order chi connectivity index (χ1) is 11.2. The molecule has 7 heteroatoms. The Bertz CT molecular complexity index is 412. The number of rotatable bonds is 7. The predicted octanol–water partition coefficient (Wildman–Crippen LogP) is 1.05. The molecule has 1 aliphatic heterocycles. The van der Waals surface area contributed by atoms with E-state index in [1.807, 2.05) is 6.92 Å². The highest BCUT2D eigenvalue weighted by molar-refractivity contribution is 5.80. The number of carbonyl (C=O) groups is 1. The molecule has 2 unspecified atom stereocenters. The van der Waals surface area contributed by atoms with Crippen molar-refractivity contribution in [2.75, 3.05) is 47.0 Å². The van der Waals surface area contributed by atoms with E-state index in [9.17, 15) is 4.79 Å². The Morgan fingerprint density at radius 3 is 2.78 bits per heavy atom. The number of alkyl carbamates (subject to hydrolysis) is 1. The number of nitrogens with one attached hydrogen (secondary N) is 2.